The summed E-state index contributed by atoms with van der Waals surface area (Å²) >= 11 is 0. The van der Waals surface area contributed by atoms with Crippen molar-refractivity contribution in [1.29, 1.82) is 0 Å². The van der Waals surface area contributed by atoms with Crippen LogP contribution in [0.5, 0.6) is 0 Å². The molecule has 0 aliphatic carbocycles. The number of rotatable bonds is 6. The average molecular weight is 467 g/mol. The number of nitrogens with one attached hydrogen (secondary N) is 2. The Kier molecular flexibility index (Phi) is 7.83. The van der Waals surface area contributed by atoms with E-state index in [9.17, 15) is 4.39 Å². The Balaban J connectivity index is 0.00000243. The van der Waals surface area contributed by atoms with E-state index in [4.69, 9.17) is 0 Å². The van der Waals surface area contributed by atoms with E-state index in [0.29, 0.717) is 0 Å². The van der Waals surface area contributed by atoms with Gasteiger partial charge in [-0.1, -0.05) is 18.2 Å². The molecule has 0 saturated heterocycles. The number of guanidine groups is 1. The second-order valence-corrected chi connectivity index (χ2v) is 5.75. The van der Waals surface area contributed by atoms with Gasteiger partial charge in [0.15, 0.2) is 5.96 Å². The van der Waals surface area contributed by atoms with E-state index >= 15 is 0 Å². The number of pyridine rings is 1. The predicted molar refractivity (Wildman–Crippen MR) is 114 cm³/mol. The summed E-state index contributed by atoms with van der Waals surface area (Å²) in [5, 5.41) is 6.55. The molecule has 0 saturated carbocycles. The van der Waals surface area contributed by atoms with Crippen LogP contribution in [-0.4, -0.2) is 35.5 Å². The maximum Gasteiger partial charge on any atom is 0.190 e. The first-order chi connectivity index (χ1) is 12.2. The second-order valence-electron chi connectivity index (χ2n) is 5.75. The molecule has 2 N–H and O–H groups in total. The van der Waals surface area contributed by atoms with Gasteiger partial charge in [-0.15, -0.1) is 24.0 Å². The van der Waals surface area contributed by atoms with E-state index in [1.54, 1.807) is 19.2 Å². The van der Waals surface area contributed by atoms with Crippen molar-refractivity contribution in [1.82, 2.24) is 20.0 Å². The lowest BCUT2D eigenvalue weighted by atomic mass is 10.1. The van der Waals surface area contributed by atoms with Crippen molar-refractivity contribution < 1.29 is 4.39 Å². The molecule has 0 fully saturated rings. The molecule has 3 aromatic rings. The normalized spacial score (nSPS) is 11.2. The highest BCUT2D eigenvalue weighted by molar-refractivity contribution is 14.0. The fraction of sp³-hybridized carbons (Fsp3) is 0.263. The minimum absolute atomic E-state index is 0. The topological polar surface area (TPSA) is 53.7 Å². The van der Waals surface area contributed by atoms with Crippen LogP contribution in [0, 0.1) is 5.82 Å². The molecule has 0 bridgehead atoms. The largest absolute Gasteiger partial charge is 0.356 e. The lowest BCUT2D eigenvalue weighted by Gasteiger charge is -2.11. The molecule has 5 nitrogen and oxygen atoms in total. The van der Waals surface area contributed by atoms with Gasteiger partial charge >= 0.3 is 0 Å². The van der Waals surface area contributed by atoms with Crippen LogP contribution in [0.25, 0.3) is 5.65 Å². The number of benzene rings is 1. The van der Waals surface area contributed by atoms with Crippen molar-refractivity contribution in [2.24, 2.45) is 4.99 Å². The molecule has 0 spiro atoms. The zero-order valence-electron chi connectivity index (χ0n) is 14.7. The van der Waals surface area contributed by atoms with Crippen LogP contribution in [0.3, 0.4) is 0 Å². The molecule has 1 aromatic carbocycles. The van der Waals surface area contributed by atoms with E-state index in [-0.39, 0.29) is 29.8 Å². The van der Waals surface area contributed by atoms with E-state index in [1.165, 1.54) is 12.1 Å². The van der Waals surface area contributed by atoms with E-state index < -0.39 is 0 Å². The molecule has 2 aromatic heterocycles. The summed E-state index contributed by atoms with van der Waals surface area (Å²) in [6.07, 6.45) is 5.67. The number of fused-ring (bicyclic) bond motifs is 1. The van der Waals surface area contributed by atoms with E-state index in [2.05, 4.69) is 20.6 Å². The van der Waals surface area contributed by atoms with Crippen molar-refractivity contribution in [3.05, 3.63) is 71.9 Å². The smallest absolute Gasteiger partial charge is 0.190 e. The number of aromatic nitrogens is 2. The minimum atomic E-state index is -0.207. The summed E-state index contributed by atoms with van der Waals surface area (Å²) in [6.45, 7) is 1.49. The zero-order chi connectivity index (χ0) is 17.5. The van der Waals surface area contributed by atoms with Gasteiger partial charge in [-0.25, -0.2) is 9.37 Å². The van der Waals surface area contributed by atoms with Gasteiger partial charge in [-0.05, 0) is 36.2 Å². The van der Waals surface area contributed by atoms with Crippen molar-refractivity contribution >= 4 is 35.6 Å². The van der Waals surface area contributed by atoms with Gasteiger partial charge in [-0.2, -0.15) is 0 Å². The van der Waals surface area contributed by atoms with Crippen LogP contribution in [0.4, 0.5) is 4.39 Å². The van der Waals surface area contributed by atoms with E-state index in [1.807, 2.05) is 35.0 Å². The lowest BCUT2D eigenvalue weighted by molar-refractivity contribution is 0.626. The number of hydrogen-bond donors (Lipinski definition) is 2. The van der Waals surface area contributed by atoms with Crippen molar-refractivity contribution in [2.75, 3.05) is 20.1 Å². The zero-order valence-corrected chi connectivity index (χ0v) is 17.0. The van der Waals surface area contributed by atoms with Gasteiger partial charge in [-0.3, -0.25) is 4.99 Å². The Bertz CT molecular complexity index is 812. The summed E-state index contributed by atoms with van der Waals surface area (Å²) < 4.78 is 14.9. The van der Waals surface area contributed by atoms with Gasteiger partial charge in [0.2, 0.25) is 0 Å². The molecular weight excluding hydrogens is 444 g/mol. The summed E-state index contributed by atoms with van der Waals surface area (Å²) in [4.78, 5) is 8.79. The highest BCUT2D eigenvalue weighted by atomic mass is 127. The maximum absolute atomic E-state index is 12.9. The summed E-state index contributed by atoms with van der Waals surface area (Å²) in [5.74, 6) is 0.548. The molecule has 0 aliphatic rings. The van der Waals surface area contributed by atoms with Gasteiger partial charge in [0.1, 0.15) is 11.5 Å². The van der Waals surface area contributed by atoms with E-state index in [0.717, 1.165) is 48.8 Å². The van der Waals surface area contributed by atoms with Crippen LogP contribution < -0.4 is 10.6 Å². The van der Waals surface area contributed by atoms with Gasteiger partial charge in [0.25, 0.3) is 0 Å². The molecule has 138 valence electrons. The molecule has 0 radical (unpaired) electrons. The lowest BCUT2D eigenvalue weighted by Crippen LogP contribution is -2.39. The number of hydrogen-bond acceptors (Lipinski definition) is 2. The molecule has 0 aliphatic heterocycles. The average Bonchev–Trinajstić information content (AvgIpc) is 3.05. The van der Waals surface area contributed by atoms with Gasteiger partial charge in [0.05, 0.1) is 5.69 Å². The fourth-order valence-electron chi connectivity index (χ4n) is 2.61. The molecule has 3 rings (SSSR count). The minimum Gasteiger partial charge on any atom is -0.356 e. The van der Waals surface area contributed by atoms with Crippen LogP contribution >= 0.6 is 24.0 Å². The quantitative estimate of drug-likeness (QED) is 0.333. The highest BCUT2D eigenvalue weighted by Crippen LogP contribution is 2.05. The summed E-state index contributed by atoms with van der Waals surface area (Å²) in [7, 11) is 1.75. The summed E-state index contributed by atoms with van der Waals surface area (Å²) in [5.41, 5.74) is 3.09. The number of aliphatic imine (C=N–C) groups is 1. The third-order valence-corrected chi connectivity index (χ3v) is 3.93. The van der Waals surface area contributed by atoms with Crippen LogP contribution in [-0.2, 0) is 12.8 Å². The molecule has 0 amide bonds. The third-order valence-electron chi connectivity index (χ3n) is 3.93. The van der Waals surface area contributed by atoms with Crippen LogP contribution in [0.15, 0.2) is 59.9 Å². The first kappa shape index (κ1) is 20.2. The first-order valence-electron chi connectivity index (χ1n) is 8.36. The monoisotopic (exact) mass is 467 g/mol. The molecule has 0 unspecified atom stereocenters. The fourth-order valence-corrected chi connectivity index (χ4v) is 2.61. The second kappa shape index (κ2) is 10.1. The third kappa shape index (κ3) is 5.69. The Morgan fingerprint density at radius 3 is 2.50 bits per heavy atom. The number of halogens is 2. The molecule has 26 heavy (non-hydrogen) atoms. The van der Waals surface area contributed by atoms with Crippen molar-refractivity contribution in [3.63, 3.8) is 0 Å². The van der Waals surface area contributed by atoms with Crippen molar-refractivity contribution in [2.45, 2.75) is 12.8 Å². The number of imidazole rings is 1. The Labute approximate surface area is 169 Å². The Hall–Kier alpha value is -2.16. The first-order valence-corrected chi connectivity index (χ1v) is 8.36. The summed E-state index contributed by atoms with van der Waals surface area (Å²) in [6, 6.07) is 12.5. The van der Waals surface area contributed by atoms with Crippen LogP contribution in [0.1, 0.15) is 11.3 Å². The molecule has 7 heteroatoms. The standard InChI is InChI=1S/C19H22FN5.HI/c1-21-19(22-11-9-15-5-7-16(20)8-6-15)23-12-10-17-14-25-13-3-2-4-18(25)24-17;/h2-8,13-14H,9-12H2,1H3,(H2,21,22,23);1H. The van der Waals surface area contributed by atoms with Gasteiger partial charge in [0, 0.05) is 39.0 Å². The number of nitrogens with zero attached hydrogens (tertiary/aromatic N) is 3. The van der Waals surface area contributed by atoms with Crippen LogP contribution in [0.2, 0.25) is 0 Å². The maximum atomic E-state index is 12.9. The van der Waals surface area contributed by atoms with Gasteiger partial charge < -0.3 is 15.0 Å². The molecule has 0 atom stereocenters. The Morgan fingerprint density at radius 1 is 1.08 bits per heavy atom. The van der Waals surface area contributed by atoms with Crippen molar-refractivity contribution in [3.8, 4) is 0 Å². The SMILES string of the molecule is CN=C(NCCc1ccc(F)cc1)NCCc1cn2ccccc2n1.I. The highest BCUT2D eigenvalue weighted by Gasteiger charge is 2.02. The Morgan fingerprint density at radius 2 is 1.81 bits per heavy atom. The molecule has 2 heterocycles. The molecular formula is C19H23FIN5. The predicted octanol–water partition coefficient (Wildman–Crippen LogP) is 3.04.